The van der Waals surface area contributed by atoms with E-state index in [-0.39, 0.29) is 0 Å². The van der Waals surface area contributed by atoms with Crippen LogP contribution in [-0.2, 0) is 0 Å². The van der Waals surface area contributed by atoms with E-state index in [1.54, 1.807) is 12.8 Å². The molecule has 0 nitrogen and oxygen atoms in total. The van der Waals surface area contributed by atoms with E-state index in [1.807, 2.05) is 0 Å². The second kappa shape index (κ2) is 1.99. The Labute approximate surface area is 64.0 Å². The Morgan fingerprint density at radius 1 is 0.700 bits per heavy atom. The normalized spacial score (nSPS) is 59.7. The smallest absolute Gasteiger partial charge is 0.0380 e. The average Bonchev–Trinajstić information content (AvgIpc) is 1.78. The van der Waals surface area contributed by atoms with Gasteiger partial charge in [0.1, 0.15) is 0 Å². The van der Waals surface area contributed by atoms with Crippen LogP contribution in [0.25, 0.3) is 0 Å². The van der Waals surface area contributed by atoms with Crippen LogP contribution < -0.4 is 0 Å². The van der Waals surface area contributed by atoms with Crippen LogP contribution in [0.1, 0.15) is 33.6 Å². The fraction of sp³-hybridized carbons (Fsp3) is 1.00. The molecule has 0 spiro atoms. The topological polar surface area (TPSA) is 0 Å². The molecule has 0 heteroatoms. The van der Waals surface area contributed by atoms with Crippen LogP contribution >= 0.6 is 0 Å². The summed E-state index contributed by atoms with van der Waals surface area (Å²) in [6.07, 6.45) is 3.10. The molecule has 3 aliphatic rings. The van der Waals surface area contributed by atoms with E-state index in [4.69, 9.17) is 0 Å². The molecular formula is C10H18. The molecule has 2 bridgehead atoms. The molecule has 3 aliphatic carbocycles. The van der Waals surface area contributed by atoms with Crippen LogP contribution in [0.2, 0.25) is 0 Å². The summed E-state index contributed by atoms with van der Waals surface area (Å²) in [5.74, 6) is 5.24. The molecule has 3 fully saturated rings. The highest BCUT2D eigenvalue weighted by Crippen LogP contribution is 2.54. The number of rotatable bonds is 0. The van der Waals surface area contributed by atoms with Crippen LogP contribution in [0.4, 0.5) is 0 Å². The largest absolute Gasteiger partial charge is 0.0620 e. The van der Waals surface area contributed by atoms with Gasteiger partial charge in [-0.05, 0) is 42.4 Å². The van der Waals surface area contributed by atoms with Crippen LogP contribution in [-0.4, -0.2) is 0 Å². The molecule has 2 atom stereocenters. The Morgan fingerprint density at radius 2 is 1.10 bits per heavy atom. The molecule has 0 saturated heterocycles. The molecule has 0 N–H and O–H groups in total. The second-order valence-corrected chi connectivity index (χ2v) is 4.57. The fourth-order valence-corrected chi connectivity index (χ4v) is 2.90. The average molecular weight is 138 g/mol. The van der Waals surface area contributed by atoms with Crippen molar-refractivity contribution in [2.24, 2.45) is 29.6 Å². The second-order valence-electron chi connectivity index (χ2n) is 4.57. The van der Waals surface area contributed by atoms with Gasteiger partial charge in [0, 0.05) is 0 Å². The molecule has 0 radical (unpaired) electrons. The SMILES string of the molecule is CC1C2CC(C2)C(C)C1C. The highest BCUT2D eigenvalue weighted by Gasteiger charge is 2.45. The van der Waals surface area contributed by atoms with E-state index in [1.165, 1.54) is 0 Å². The molecule has 0 aromatic heterocycles. The maximum atomic E-state index is 2.45. The number of fused-ring (bicyclic) bond motifs is 2. The van der Waals surface area contributed by atoms with Crippen molar-refractivity contribution in [1.29, 1.82) is 0 Å². The van der Waals surface area contributed by atoms with Gasteiger partial charge in [-0.15, -0.1) is 0 Å². The van der Waals surface area contributed by atoms with Crippen molar-refractivity contribution in [2.45, 2.75) is 33.6 Å². The molecule has 0 heterocycles. The van der Waals surface area contributed by atoms with Crippen LogP contribution in [0.3, 0.4) is 0 Å². The molecule has 3 rings (SSSR count). The van der Waals surface area contributed by atoms with Gasteiger partial charge in [-0.1, -0.05) is 20.8 Å². The Morgan fingerprint density at radius 3 is 1.40 bits per heavy atom. The van der Waals surface area contributed by atoms with E-state index in [0.29, 0.717) is 0 Å². The van der Waals surface area contributed by atoms with Gasteiger partial charge in [0.25, 0.3) is 0 Å². The minimum atomic E-state index is 0.998. The van der Waals surface area contributed by atoms with Crippen molar-refractivity contribution in [1.82, 2.24) is 0 Å². The first-order valence-electron chi connectivity index (χ1n) is 4.70. The summed E-state index contributed by atoms with van der Waals surface area (Å²) in [5.41, 5.74) is 0. The van der Waals surface area contributed by atoms with E-state index >= 15 is 0 Å². The number of hydrogen-bond donors (Lipinski definition) is 0. The molecular weight excluding hydrogens is 120 g/mol. The van der Waals surface area contributed by atoms with E-state index in [0.717, 1.165) is 29.6 Å². The lowest BCUT2D eigenvalue weighted by molar-refractivity contribution is -0.0366. The highest BCUT2D eigenvalue weighted by molar-refractivity contribution is 4.95. The van der Waals surface area contributed by atoms with Crippen molar-refractivity contribution in [3.05, 3.63) is 0 Å². The zero-order valence-electron chi connectivity index (χ0n) is 7.30. The van der Waals surface area contributed by atoms with E-state index in [9.17, 15) is 0 Å². The monoisotopic (exact) mass is 138 g/mol. The molecule has 2 unspecified atom stereocenters. The van der Waals surface area contributed by atoms with Crippen molar-refractivity contribution in [2.75, 3.05) is 0 Å². The third-order valence-electron chi connectivity index (χ3n) is 4.36. The third-order valence-corrected chi connectivity index (χ3v) is 4.36. The van der Waals surface area contributed by atoms with Gasteiger partial charge < -0.3 is 0 Å². The molecule has 0 aromatic rings. The van der Waals surface area contributed by atoms with Crippen LogP contribution in [0.15, 0.2) is 0 Å². The Bertz CT molecular complexity index is 115. The summed E-state index contributed by atoms with van der Waals surface area (Å²) in [6, 6.07) is 0. The molecule has 0 aliphatic heterocycles. The zero-order chi connectivity index (χ0) is 7.30. The summed E-state index contributed by atoms with van der Waals surface area (Å²) in [6.45, 7) is 7.33. The predicted molar refractivity (Wildman–Crippen MR) is 43.7 cm³/mol. The molecule has 0 amide bonds. The lowest BCUT2D eigenvalue weighted by Crippen LogP contribution is -2.45. The van der Waals surface area contributed by atoms with Crippen molar-refractivity contribution < 1.29 is 0 Å². The van der Waals surface area contributed by atoms with Gasteiger partial charge in [0.15, 0.2) is 0 Å². The van der Waals surface area contributed by atoms with Crippen molar-refractivity contribution in [3.63, 3.8) is 0 Å². The Kier molecular flexibility index (Phi) is 1.33. The van der Waals surface area contributed by atoms with Gasteiger partial charge in [-0.25, -0.2) is 0 Å². The van der Waals surface area contributed by atoms with Crippen LogP contribution in [0, 0.1) is 29.6 Å². The quantitative estimate of drug-likeness (QED) is 0.483. The first-order valence-corrected chi connectivity index (χ1v) is 4.70. The lowest BCUT2D eigenvalue weighted by atomic mass is 9.52. The maximum Gasteiger partial charge on any atom is -0.0380 e. The van der Waals surface area contributed by atoms with Gasteiger partial charge in [0.05, 0.1) is 0 Å². The first kappa shape index (κ1) is 6.69. The summed E-state index contributed by atoms with van der Waals surface area (Å²) in [7, 11) is 0. The predicted octanol–water partition coefficient (Wildman–Crippen LogP) is 2.93. The molecule has 0 aromatic carbocycles. The van der Waals surface area contributed by atoms with Gasteiger partial charge >= 0.3 is 0 Å². The zero-order valence-corrected chi connectivity index (χ0v) is 7.30. The summed E-state index contributed by atoms with van der Waals surface area (Å²) in [4.78, 5) is 0. The first-order chi connectivity index (χ1) is 4.70. The summed E-state index contributed by atoms with van der Waals surface area (Å²) in [5, 5.41) is 0. The molecule has 58 valence electrons. The standard InChI is InChI=1S/C10H18/c1-6-7(2)9-4-10(5-9)8(6)3/h6-10H,4-5H2,1-3H3. The highest BCUT2D eigenvalue weighted by atomic mass is 14.5. The minimum Gasteiger partial charge on any atom is -0.0620 e. The van der Waals surface area contributed by atoms with Crippen molar-refractivity contribution in [3.8, 4) is 0 Å². The van der Waals surface area contributed by atoms with E-state index < -0.39 is 0 Å². The third kappa shape index (κ3) is 0.681. The minimum absolute atomic E-state index is 0.998. The summed E-state index contributed by atoms with van der Waals surface area (Å²) >= 11 is 0. The van der Waals surface area contributed by atoms with Gasteiger partial charge in [-0.3, -0.25) is 0 Å². The Balaban J connectivity index is 2.11. The molecule has 10 heavy (non-hydrogen) atoms. The van der Waals surface area contributed by atoms with Crippen LogP contribution in [0.5, 0.6) is 0 Å². The van der Waals surface area contributed by atoms with Gasteiger partial charge in [-0.2, -0.15) is 0 Å². The Hall–Kier alpha value is 0. The lowest BCUT2D eigenvalue weighted by Gasteiger charge is -2.53. The van der Waals surface area contributed by atoms with Crippen molar-refractivity contribution >= 4 is 0 Å². The summed E-state index contributed by atoms with van der Waals surface area (Å²) < 4.78 is 0. The van der Waals surface area contributed by atoms with Gasteiger partial charge in [0.2, 0.25) is 0 Å². The molecule has 3 saturated carbocycles. The number of hydrogen-bond acceptors (Lipinski definition) is 0. The maximum absolute atomic E-state index is 2.45. The van der Waals surface area contributed by atoms with E-state index in [2.05, 4.69) is 20.8 Å². The fourth-order valence-electron chi connectivity index (χ4n) is 2.90.